The Kier molecular flexibility index (Phi) is 4.84. The number of phenols is 1. The topological polar surface area (TPSA) is 87.1 Å². The predicted octanol–water partition coefficient (Wildman–Crippen LogP) is 4.04. The van der Waals surface area contributed by atoms with Crippen molar-refractivity contribution in [2.45, 2.75) is 45.2 Å². The summed E-state index contributed by atoms with van der Waals surface area (Å²) in [4.78, 5) is 11.2. The van der Waals surface area contributed by atoms with Gasteiger partial charge in [-0.05, 0) is 60.7 Å². The summed E-state index contributed by atoms with van der Waals surface area (Å²) >= 11 is 0. The molecule has 174 valence electrons. The van der Waals surface area contributed by atoms with Gasteiger partial charge in [0.25, 0.3) is 0 Å². The molecule has 7 nitrogen and oxygen atoms in total. The largest absolute Gasteiger partial charge is 0.508 e. The number of aryl methyl sites for hydroxylation is 2. The van der Waals surface area contributed by atoms with Crippen molar-refractivity contribution in [1.29, 1.82) is 0 Å². The van der Waals surface area contributed by atoms with Crippen LogP contribution in [0.5, 0.6) is 5.75 Å². The van der Waals surface area contributed by atoms with Gasteiger partial charge in [-0.3, -0.25) is 0 Å². The van der Waals surface area contributed by atoms with Gasteiger partial charge in [0.05, 0.1) is 0 Å². The molecule has 34 heavy (non-hydrogen) atoms. The van der Waals surface area contributed by atoms with Crippen molar-refractivity contribution in [2.24, 2.45) is 0 Å². The minimum absolute atomic E-state index is 0.0612. The molecule has 2 atom stereocenters. The van der Waals surface area contributed by atoms with Crippen molar-refractivity contribution >= 4 is 27.6 Å². The molecule has 0 radical (unpaired) electrons. The smallest absolute Gasteiger partial charge is 0.179 e. The molecule has 3 aliphatic rings. The average molecular weight is 463 g/mol. The van der Waals surface area contributed by atoms with Crippen molar-refractivity contribution in [1.82, 2.24) is 25.5 Å². The van der Waals surface area contributed by atoms with Crippen LogP contribution in [0.1, 0.15) is 31.2 Å². The minimum atomic E-state index is -0.657. The number of aromatic nitrogens is 4. The quantitative estimate of drug-likeness (QED) is 0.475. The SMILES string of the molecule is CCc1c(F)ccc2cc(O)cc(-c3nnc4c(N5C[C@H]6CC[C@@H]5CN6)nc(C)nc4c3F)c12. The first kappa shape index (κ1) is 21.1. The highest BCUT2D eigenvalue weighted by molar-refractivity contribution is 6.01. The lowest BCUT2D eigenvalue weighted by Gasteiger charge is -2.46. The third-order valence-electron chi connectivity index (χ3n) is 7.03. The van der Waals surface area contributed by atoms with Gasteiger partial charge < -0.3 is 15.3 Å². The first-order chi connectivity index (χ1) is 16.4. The van der Waals surface area contributed by atoms with Crippen LogP contribution in [0.25, 0.3) is 33.1 Å². The van der Waals surface area contributed by atoms with Crippen LogP contribution in [0.15, 0.2) is 24.3 Å². The summed E-state index contributed by atoms with van der Waals surface area (Å²) < 4.78 is 30.7. The van der Waals surface area contributed by atoms with E-state index in [9.17, 15) is 9.50 Å². The van der Waals surface area contributed by atoms with Crippen molar-refractivity contribution in [3.63, 3.8) is 0 Å². The molecule has 3 saturated heterocycles. The summed E-state index contributed by atoms with van der Waals surface area (Å²) in [6.45, 7) is 5.19. The van der Waals surface area contributed by atoms with Gasteiger partial charge in [0.1, 0.15) is 28.6 Å². The maximum Gasteiger partial charge on any atom is 0.179 e. The van der Waals surface area contributed by atoms with E-state index in [1.54, 1.807) is 13.0 Å². The highest BCUT2D eigenvalue weighted by Gasteiger charge is 2.36. The molecule has 2 aromatic heterocycles. The van der Waals surface area contributed by atoms with Crippen LogP contribution in [0.2, 0.25) is 0 Å². The lowest BCUT2D eigenvalue weighted by Crippen LogP contribution is -2.61. The van der Waals surface area contributed by atoms with Crippen LogP contribution < -0.4 is 10.2 Å². The van der Waals surface area contributed by atoms with Crippen LogP contribution in [0, 0.1) is 18.6 Å². The summed E-state index contributed by atoms with van der Waals surface area (Å²) in [6, 6.07) is 6.50. The number of benzene rings is 2. The van der Waals surface area contributed by atoms with E-state index in [1.165, 1.54) is 18.2 Å². The zero-order valence-corrected chi connectivity index (χ0v) is 18.9. The fourth-order valence-corrected chi connectivity index (χ4v) is 5.43. The number of nitrogens with one attached hydrogen (secondary N) is 1. The lowest BCUT2D eigenvalue weighted by atomic mass is 9.93. The highest BCUT2D eigenvalue weighted by Crippen LogP contribution is 2.38. The molecule has 4 aromatic rings. The van der Waals surface area contributed by atoms with Gasteiger partial charge in [-0.25, -0.2) is 18.7 Å². The number of piperidine rings is 2. The summed E-state index contributed by atoms with van der Waals surface area (Å²) in [5.74, 6) is -0.0667. The molecular formula is C25H24F2N6O. The van der Waals surface area contributed by atoms with E-state index in [0.29, 0.717) is 46.0 Å². The molecule has 9 heteroatoms. The molecule has 2 bridgehead atoms. The van der Waals surface area contributed by atoms with E-state index in [4.69, 9.17) is 0 Å². The Balaban J connectivity index is 1.59. The predicted molar refractivity (Wildman–Crippen MR) is 126 cm³/mol. The van der Waals surface area contributed by atoms with Crippen LogP contribution >= 0.6 is 0 Å². The van der Waals surface area contributed by atoms with Crippen molar-refractivity contribution < 1.29 is 13.9 Å². The van der Waals surface area contributed by atoms with E-state index in [-0.39, 0.29) is 34.4 Å². The van der Waals surface area contributed by atoms with Crippen molar-refractivity contribution in [2.75, 3.05) is 18.0 Å². The molecular weight excluding hydrogens is 438 g/mol. The Morgan fingerprint density at radius 1 is 1.12 bits per heavy atom. The zero-order valence-electron chi connectivity index (χ0n) is 18.9. The van der Waals surface area contributed by atoms with E-state index in [1.807, 2.05) is 6.92 Å². The van der Waals surface area contributed by atoms with Crippen molar-refractivity contribution in [3.8, 4) is 17.0 Å². The Labute approximate surface area is 194 Å². The molecule has 0 saturated carbocycles. The second-order valence-corrected chi connectivity index (χ2v) is 9.11. The van der Waals surface area contributed by atoms with Gasteiger partial charge in [0.15, 0.2) is 17.2 Å². The third-order valence-corrected chi connectivity index (χ3v) is 7.03. The van der Waals surface area contributed by atoms with Gasteiger partial charge in [0, 0.05) is 30.7 Å². The third kappa shape index (κ3) is 3.18. The van der Waals surface area contributed by atoms with Gasteiger partial charge in [-0.15, -0.1) is 10.2 Å². The van der Waals surface area contributed by atoms with Crippen LogP contribution in [-0.2, 0) is 6.42 Å². The number of nitrogens with zero attached hydrogens (tertiary/aromatic N) is 5. The van der Waals surface area contributed by atoms with Crippen LogP contribution in [0.4, 0.5) is 14.6 Å². The van der Waals surface area contributed by atoms with Gasteiger partial charge >= 0.3 is 0 Å². The van der Waals surface area contributed by atoms with E-state index >= 15 is 4.39 Å². The maximum atomic E-state index is 16.1. The first-order valence-corrected chi connectivity index (χ1v) is 11.6. The van der Waals surface area contributed by atoms with E-state index in [0.717, 1.165) is 25.9 Å². The molecule has 0 unspecified atom stereocenters. The fraction of sp³-hybridized carbons (Fsp3) is 0.360. The van der Waals surface area contributed by atoms with Crippen LogP contribution in [0.3, 0.4) is 0 Å². The van der Waals surface area contributed by atoms with E-state index < -0.39 is 5.82 Å². The summed E-state index contributed by atoms with van der Waals surface area (Å²) in [5.41, 5.74) is 1.04. The van der Waals surface area contributed by atoms with Gasteiger partial charge in [0.2, 0.25) is 0 Å². The second-order valence-electron chi connectivity index (χ2n) is 9.11. The zero-order chi connectivity index (χ0) is 23.6. The molecule has 2 N–H and O–H groups in total. The number of fused-ring (bicyclic) bond motifs is 5. The molecule has 7 rings (SSSR count). The Morgan fingerprint density at radius 2 is 1.97 bits per heavy atom. The van der Waals surface area contributed by atoms with Crippen LogP contribution in [-0.4, -0.2) is 50.4 Å². The molecule has 3 aliphatic heterocycles. The Bertz CT molecular complexity index is 1450. The maximum absolute atomic E-state index is 16.1. The number of piperazine rings is 1. The average Bonchev–Trinajstić information content (AvgIpc) is 2.84. The molecule has 0 spiro atoms. The molecule has 2 aromatic carbocycles. The molecule has 0 amide bonds. The standard InChI is InChI=1S/C25H24F2N6O/c1-3-17-19(26)7-4-13-8-16(34)9-18(20(13)17)22-21(27)23-24(32-31-22)25(30-12(2)29-23)33-11-14-5-6-15(33)10-28-14/h4,7-9,14-15,28,34H,3,5-6,10-11H2,1-2H3/t14-,15-/m1/s1. The monoisotopic (exact) mass is 462 g/mol. The molecule has 3 fully saturated rings. The molecule has 5 heterocycles. The number of hydrogen-bond acceptors (Lipinski definition) is 7. The minimum Gasteiger partial charge on any atom is -0.508 e. The van der Waals surface area contributed by atoms with Crippen molar-refractivity contribution in [3.05, 3.63) is 47.3 Å². The number of hydrogen-bond donors (Lipinski definition) is 2. The number of phenolic OH excluding ortho intramolecular Hbond substituents is 1. The Hall–Kier alpha value is -3.46. The Morgan fingerprint density at radius 3 is 2.68 bits per heavy atom. The number of anilines is 1. The second kappa shape index (κ2) is 7.80. The summed E-state index contributed by atoms with van der Waals surface area (Å²) in [7, 11) is 0. The van der Waals surface area contributed by atoms with Gasteiger partial charge in [-0.2, -0.15) is 0 Å². The first-order valence-electron chi connectivity index (χ1n) is 11.6. The number of halogens is 2. The van der Waals surface area contributed by atoms with Gasteiger partial charge in [-0.1, -0.05) is 13.0 Å². The lowest BCUT2D eigenvalue weighted by molar-refractivity contribution is 0.289. The number of aromatic hydroxyl groups is 1. The number of rotatable bonds is 3. The summed E-state index contributed by atoms with van der Waals surface area (Å²) in [5, 5.41) is 23.6. The fourth-order valence-electron chi connectivity index (χ4n) is 5.43. The normalized spacial score (nSPS) is 19.9. The molecule has 0 aliphatic carbocycles. The summed E-state index contributed by atoms with van der Waals surface area (Å²) in [6.07, 6.45) is 2.55. The highest BCUT2D eigenvalue weighted by atomic mass is 19.1. The van der Waals surface area contributed by atoms with E-state index in [2.05, 4.69) is 30.4 Å².